The Labute approximate surface area is 94.8 Å². The van der Waals surface area contributed by atoms with Gasteiger partial charge in [-0.15, -0.1) is 0 Å². The number of nitrogens with one attached hydrogen (secondary N) is 1. The molecule has 0 aromatic carbocycles. The van der Waals surface area contributed by atoms with Gasteiger partial charge in [-0.05, 0) is 33.9 Å². The van der Waals surface area contributed by atoms with E-state index in [9.17, 15) is 0 Å². The van der Waals surface area contributed by atoms with Crippen molar-refractivity contribution >= 4 is 0 Å². The van der Waals surface area contributed by atoms with Gasteiger partial charge in [0.15, 0.2) is 0 Å². The van der Waals surface area contributed by atoms with Crippen LogP contribution >= 0.6 is 0 Å². The van der Waals surface area contributed by atoms with Crippen LogP contribution in [0.3, 0.4) is 0 Å². The zero-order chi connectivity index (χ0) is 12.4. The Morgan fingerprint density at radius 1 is 1.20 bits per heavy atom. The number of hydrogen-bond donors (Lipinski definition) is 3. The summed E-state index contributed by atoms with van der Waals surface area (Å²) in [5, 5.41) is 10.3. The molecule has 0 bridgehead atoms. The monoisotopic (exact) mass is 219 g/mol. The third kappa shape index (κ3) is 7.73. The van der Waals surface area contributed by atoms with E-state index in [-0.39, 0.29) is 6.17 Å². The molecule has 1 rings (SSSR count). The average molecular weight is 219 g/mol. The summed E-state index contributed by atoms with van der Waals surface area (Å²) in [5.41, 5.74) is 5.82. The molecule has 0 spiro atoms. The van der Waals surface area contributed by atoms with Crippen LogP contribution in [0.5, 0.6) is 0 Å². The normalized spacial score (nSPS) is 29.8. The maximum Gasteiger partial charge on any atom is 0.0563 e. The van der Waals surface area contributed by atoms with E-state index in [4.69, 9.17) is 10.8 Å². The first-order chi connectivity index (χ1) is 7.09. The lowest BCUT2D eigenvalue weighted by Crippen LogP contribution is -2.53. The lowest BCUT2D eigenvalue weighted by Gasteiger charge is -2.36. The fourth-order valence-corrected chi connectivity index (χ4v) is 1.72. The lowest BCUT2D eigenvalue weighted by molar-refractivity contribution is 0.180. The third-order valence-corrected chi connectivity index (χ3v) is 2.38. The van der Waals surface area contributed by atoms with Crippen LogP contribution in [0.1, 0.15) is 33.6 Å². The van der Waals surface area contributed by atoms with Gasteiger partial charge in [-0.25, -0.2) is 0 Å². The van der Waals surface area contributed by atoms with Crippen LogP contribution in [0.2, 0.25) is 0 Å². The number of nitrogens with zero attached hydrogens (tertiary/aromatic N) is 1. The summed E-state index contributed by atoms with van der Waals surface area (Å²) in [6.07, 6.45) is 2.46. The van der Waals surface area contributed by atoms with E-state index in [0.29, 0.717) is 12.1 Å². The zero-order valence-corrected chi connectivity index (χ0v) is 11.1. The molecule has 0 amide bonds. The Hall–Kier alpha value is -0.160. The average Bonchev–Trinajstić information content (AvgIpc) is 2.22. The number of rotatable bonds is 1. The number of piperidine rings is 1. The molecule has 1 aliphatic rings. The Bertz CT molecular complexity index is 121. The number of nitrogens with two attached hydrogens (primary N) is 1. The maximum absolute atomic E-state index is 7.00. The molecule has 0 radical (unpaired) electrons. The highest BCUT2D eigenvalue weighted by Crippen LogP contribution is 2.14. The number of aliphatic hydroxyl groups excluding tert-OH is 1. The summed E-state index contributed by atoms with van der Waals surface area (Å²) in [4.78, 5) is 2.26. The van der Waals surface area contributed by atoms with E-state index in [1.54, 1.807) is 0 Å². The first-order valence-corrected chi connectivity index (χ1v) is 5.72. The first-order valence-electron chi connectivity index (χ1n) is 5.72. The molecule has 3 atom stereocenters. The van der Waals surface area contributed by atoms with E-state index in [1.807, 2.05) is 13.8 Å². The van der Waals surface area contributed by atoms with Gasteiger partial charge >= 0.3 is 0 Å². The van der Waals surface area contributed by atoms with E-state index in [1.165, 1.54) is 6.42 Å². The molecule has 1 aliphatic heterocycles. The summed E-state index contributed by atoms with van der Waals surface area (Å²) in [7, 11) is 5.24. The number of aliphatic hydroxyl groups is 1. The second-order valence-electron chi connectivity index (χ2n) is 3.76. The standard InChI is InChI=1S/C8H19N3.C2H6.CH4O/c1-6-4-7(11(2)3)5-8(9)10-6;2*1-2/h6-8,10H,4-5,9H2,1-3H3;1-2H3;2H,1H3/t6-,7+,8?;;/m1../s1. The van der Waals surface area contributed by atoms with E-state index < -0.39 is 0 Å². The van der Waals surface area contributed by atoms with Crippen molar-refractivity contribution in [3.63, 3.8) is 0 Å². The Morgan fingerprint density at radius 2 is 1.67 bits per heavy atom. The van der Waals surface area contributed by atoms with E-state index in [2.05, 4.69) is 31.2 Å². The van der Waals surface area contributed by atoms with Gasteiger partial charge in [-0.3, -0.25) is 5.32 Å². The van der Waals surface area contributed by atoms with Crippen molar-refractivity contribution in [2.75, 3.05) is 21.2 Å². The molecule has 1 saturated heterocycles. The molecule has 4 nitrogen and oxygen atoms in total. The minimum Gasteiger partial charge on any atom is -0.400 e. The Morgan fingerprint density at radius 3 is 2.00 bits per heavy atom. The minimum atomic E-state index is 0.186. The molecular formula is C11H29N3O. The predicted octanol–water partition coefficient (Wildman–Crippen LogP) is 0.608. The molecule has 15 heavy (non-hydrogen) atoms. The van der Waals surface area contributed by atoms with Gasteiger partial charge in [0.25, 0.3) is 0 Å². The molecule has 0 aromatic heterocycles. The minimum absolute atomic E-state index is 0.186. The quantitative estimate of drug-likeness (QED) is 0.605. The van der Waals surface area contributed by atoms with Crippen LogP contribution in [-0.2, 0) is 0 Å². The second kappa shape index (κ2) is 10.4. The van der Waals surface area contributed by atoms with Crippen molar-refractivity contribution in [1.29, 1.82) is 0 Å². The summed E-state index contributed by atoms with van der Waals surface area (Å²) < 4.78 is 0. The summed E-state index contributed by atoms with van der Waals surface area (Å²) in [6.45, 7) is 6.19. The second-order valence-corrected chi connectivity index (χ2v) is 3.76. The van der Waals surface area contributed by atoms with Gasteiger partial charge in [-0.2, -0.15) is 0 Å². The third-order valence-electron chi connectivity index (χ3n) is 2.38. The summed E-state index contributed by atoms with van der Waals surface area (Å²) in [6, 6.07) is 1.22. The van der Waals surface area contributed by atoms with Crippen LogP contribution in [-0.4, -0.2) is 49.5 Å². The molecule has 94 valence electrons. The van der Waals surface area contributed by atoms with E-state index >= 15 is 0 Å². The lowest BCUT2D eigenvalue weighted by atomic mass is 9.98. The van der Waals surface area contributed by atoms with Crippen LogP contribution in [0.15, 0.2) is 0 Å². The maximum atomic E-state index is 7.00. The Balaban J connectivity index is 0. The fourth-order valence-electron chi connectivity index (χ4n) is 1.72. The Kier molecular flexibility index (Phi) is 11.9. The van der Waals surface area contributed by atoms with Gasteiger partial charge < -0.3 is 15.7 Å². The van der Waals surface area contributed by atoms with Crippen molar-refractivity contribution in [3.8, 4) is 0 Å². The molecule has 1 fully saturated rings. The van der Waals surface area contributed by atoms with Crippen molar-refractivity contribution in [3.05, 3.63) is 0 Å². The van der Waals surface area contributed by atoms with Gasteiger partial charge in [0.2, 0.25) is 0 Å². The summed E-state index contributed by atoms with van der Waals surface area (Å²) >= 11 is 0. The zero-order valence-electron chi connectivity index (χ0n) is 11.1. The topological polar surface area (TPSA) is 61.5 Å². The highest BCUT2D eigenvalue weighted by Gasteiger charge is 2.24. The smallest absolute Gasteiger partial charge is 0.0563 e. The molecule has 4 heteroatoms. The van der Waals surface area contributed by atoms with Gasteiger partial charge in [0.05, 0.1) is 6.17 Å². The predicted molar refractivity (Wildman–Crippen MR) is 66.8 cm³/mol. The van der Waals surface area contributed by atoms with Gasteiger partial charge in [0, 0.05) is 19.2 Å². The van der Waals surface area contributed by atoms with Crippen molar-refractivity contribution in [2.45, 2.75) is 51.9 Å². The first kappa shape index (κ1) is 17.2. The van der Waals surface area contributed by atoms with Crippen molar-refractivity contribution in [1.82, 2.24) is 10.2 Å². The molecule has 0 saturated carbocycles. The molecule has 1 heterocycles. The SMILES string of the molecule is CC.CO.C[C@@H]1C[C@H](N(C)C)CC(N)N1. The van der Waals surface area contributed by atoms with Crippen LogP contribution in [0, 0.1) is 0 Å². The number of hydrogen-bond acceptors (Lipinski definition) is 4. The largest absolute Gasteiger partial charge is 0.400 e. The molecule has 4 N–H and O–H groups in total. The highest BCUT2D eigenvalue weighted by atomic mass is 16.2. The van der Waals surface area contributed by atoms with Crippen molar-refractivity contribution < 1.29 is 5.11 Å². The van der Waals surface area contributed by atoms with Gasteiger partial charge in [0.1, 0.15) is 0 Å². The van der Waals surface area contributed by atoms with Crippen LogP contribution in [0.4, 0.5) is 0 Å². The molecule has 0 aliphatic carbocycles. The van der Waals surface area contributed by atoms with Gasteiger partial charge in [-0.1, -0.05) is 13.8 Å². The van der Waals surface area contributed by atoms with E-state index in [0.717, 1.165) is 13.5 Å². The van der Waals surface area contributed by atoms with Crippen LogP contribution < -0.4 is 11.1 Å². The molecular weight excluding hydrogens is 190 g/mol. The molecule has 0 aromatic rings. The molecule has 1 unspecified atom stereocenters. The van der Waals surface area contributed by atoms with Crippen LogP contribution in [0.25, 0.3) is 0 Å². The highest BCUT2D eigenvalue weighted by molar-refractivity contribution is 4.83. The van der Waals surface area contributed by atoms with Crippen molar-refractivity contribution in [2.24, 2.45) is 5.73 Å². The fraction of sp³-hybridized carbons (Fsp3) is 1.00. The summed E-state index contributed by atoms with van der Waals surface area (Å²) in [5.74, 6) is 0.